The molecule has 0 saturated heterocycles. The molecule has 0 radical (unpaired) electrons. The van der Waals surface area contributed by atoms with Crippen LogP contribution in [0.4, 0.5) is 0 Å². The standard InChI is InChI=1S/C21H22N2O4S2/c1-17-12-14-20(15-13-17)28(24,25)22-16-21(18-8-4-2-5-9-18)23-29(26,27)19-10-6-3-7-11-19/h2-15,21-23H,16H2,1H3. The minimum Gasteiger partial charge on any atom is -0.209 e. The van der Waals surface area contributed by atoms with Crippen molar-refractivity contribution in [2.24, 2.45) is 0 Å². The Bertz CT molecular complexity index is 1150. The van der Waals surface area contributed by atoms with Crippen LogP contribution in [0.15, 0.2) is 94.7 Å². The van der Waals surface area contributed by atoms with E-state index in [0.717, 1.165) is 5.56 Å². The molecule has 29 heavy (non-hydrogen) atoms. The first-order valence-corrected chi connectivity index (χ1v) is 11.9. The topological polar surface area (TPSA) is 92.3 Å². The maximum absolute atomic E-state index is 12.8. The maximum Gasteiger partial charge on any atom is 0.241 e. The summed E-state index contributed by atoms with van der Waals surface area (Å²) in [6.45, 7) is 1.74. The zero-order valence-corrected chi connectivity index (χ0v) is 17.4. The Morgan fingerprint density at radius 1 is 0.690 bits per heavy atom. The molecule has 0 aliphatic rings. The van der Waals surface area contributed by atoms with Gasteiger partial charge in [-0.15, -0.1) is 0 Å². The smallest absolute Gasteiger partial charge is 0.209 e. The Morgan fingerprint density at radius 3 is 1.79 bits per heavy atom. The van der Waals surface area contributed by atoms with Gasteiger partial charge in [-0.05, 0) is 36.8 Å². The van der Waals surface area contributed by atoms with Crippen molar-refractivity contribution < 1.29 is 16.8 Å². The van der Waals surface area contributed by atoms with Crippen LogP contribution in [0.25, 0.3) is 0 Å². The van der Waals surface area contributed by atoms with Crippen molar-refractivity contribution in [3.63, 3.8) is 0 Å². The van der Waals surface area contributed by atoms with E-state index in [9.17, 15) is 16.8 Å². The van der Waals surface area contributed by atoms with E-state index >= 15 is 0 Å². The normalized spacial score (nSPS) is 13.1. The van der Waals surface area contributed by atoms with E-state index in [2.05, 4.69) is 9.44 Å². The number of hydrogen-bond acceptors (Lipinski definition) is 4. The number of sulfonamides is 2. The first-order valence-electron chi connectivity index (χ1n) is 8.97. The maximum atomic E-state index is 12.8. The molecule has 0 aliphatic carbocycles. The summed E-state index contributed by atoms with van der Waals surface area (Å²) in [6.07, 6.45) is 0. The predicted molar refractivity (Wildman–Crippen MR) is 112 cm³/mol. The summed E-state index contributed by atoms with van der Waals surface area (Å²) in [5, 5.41) is 0. The van der Waals surface area contributed by atoms with Crippen molar-refractivity contribution in [1.29, 1.82) is 0 Å². The summed E-state index contributed by atoms with van der Waals surface area (Å²) in [7, 11) is -7.62. The second kappa shape index (κ2) is 8.87. The van der Waals surface area contributed by atoms with Gasteiger partial charge in [0.2, 0.25) is 20.0 Å². The van der Waals surface area contributed by atoms with Gasteiger partial charge in [-0.1, -0.05) is 66.2 Å². The highest BCUT2D eigenvalue weighted by atomic mass is 32.2. The molecule has 0 spiro atoms. The second-order valence-corrected chi connectivity index (χ2v) is 10.0. The van der Waals surface area contributed by atoms with E-state index in [4.69, 9.17) is 0 Å². The summed E-state index contributed by atoms with van der Waals surface area (Å²) >= 11 is 0. The molecule has 0 saturated carbocycles. The Balaban J connectivity index is 1.84. The minimum atomic E-state index is -3.83. The fourth-order valence-electron chi connectivity index (χ4n) is 2.76. The number of benzene rings is 3. The van der Waals surface area contributed by atoms with Crippen molar-refractivity contribution in [2.45, 2.75) is 22.8 Å². The van der Waals surface area contributed by atoms with E-state index < -0.39 is 26.1 Å². The highest BCUT2D eigenvalue weighted by Gasteiger charge is 2.23. The summed E-state index contributed by atoms with van der Waals surface area (Å²) < 4.78 is 55.9. The van der Waals surface area contributed by atoms with E-state index in [-0.39, 0.29) is 16.3 Å². The van der Waals surface area contributed by atoms with Crippen LogP contribution in [0.1, 0.15) is 17.2 Å². The van der Waals surface area contributed by atoms with E-state index in [1.54, 1.807) is 54.6 Å². The molecule has 1 unspecified atom stereocenters. The molecule has 0 aromatic heterocycles. The molecular weight excluding hydrogens is 408 g/mol. The number of aryl methyl sites for hydroxylation is 1. The largest absolute Gasteiger partial charge is 0.241 e. The molecule has 3 rings (SSSR count). The van der Waals surface area contributed by atoms with Crippen molar-refractivity contribution >= 4 is 20.0 Å². The van der Waals surface area contributed by atoms with E-state index in [0.29, 0.717) is 5.56 Å². The second-order valence-electron chi connectivity index (χ2n) is 6.56. The van der Waals surface area contributed by atoms with Crippen molar-refractivity contribution in [1.82, 2.24) is 9.44 Å². The van der Waals surface area contributed by atoms with Crippen LogP contribution < -0.4 is 9.44 Å². The van der Waals surface area contributed by atoms with Gasteiger partial charge in [0.25, 0.3) is 0 Å². The summed E-state index contributed by atoms with van der Waals surface area (Å²) in [5.41, 5.74) is 1.60. The molecule has 6 nitrogen and oxygen atoms in total. The lowest BCUT2D eigenvalue weighted by atomic mass is 10.1. The number of nitrogens with one attached hydrogen (secondary N) is 2. The van der Waals surface area contributed by atoms with Crippen LogP contribution in [0.5, 0.6) is 0 Å². The Kier molecular flexibility index (Phi) is 6.49. The van der Waals surface area contributed by atoms with Gasteiger partial charge in [0.05, 0.1) is 15.8 Å². The predicted octanol–water partition coefficient (Wildman–Crippen LogP) is 2.99. The van der Waals surface area contributed by atoms with Crippen molar-refractivity contribution in [3.8, 4) is 0 Å². The third-order valence-electron chi connectivity index (χ3n) is 4.36. The molecule has 3 aromatic rings. The number of rotatable bonds is 8. The lowest BCUT2D eigenvalue weighted by Crippen LogP contribution is -2.37. The first kappa shape index (κ1) is 21.2. The molecule has 0 bridgehead atoms. The molecule has 1 atom stereocenters. The highest BCUT2D eigenvalue weighted by molar-refractivity contribution is 7.90. The van der Waals surface area contributed by atoms with Crippen LogP contribution in [0.2, 0.25) is 0 Å². The van der Waals surface area contributed by atoms with Crippen molar-refractivity contribution in [2.75, 3.05) is 6.54 Å². The quantitative estimate of drug-likeness (QED) is 0.575. The number of hydrogen-bond donors (Lipinski definition) is 2. The highest BCUT2D eigenvalue weighted by Crippen LogP contribution is 2.18. The van der Waals surface area contributed by atoms with Gasteiger partial charge in [0, 0.05) is 6.54 Å². The monoisotopic (exact) mass is 430 g/mol. The molecule has 0 heterocycles. The Labute approximate surface area is 171 Å². The summed E-state index contributed by atoms with van der Waals surface area (Å²) in [6, 6.07) is 22.5. The van der Waals surface area contributed by atoms with E-state index in [1.165, 1.54) is 24.3 Å². The van der Waals surface area contributed by atoms with Gasteiger partial charge in [0.15, 0.2) is 0 Å². The zero-order valence-electron chi connectivity index (χ0n) is 15.8. The first-order chi connectivity index (χ1) is 13.8. The van der Waals surface area contributed by atoms with Crippen LogP contribution in [0, 0.1) is 6.92 Å². The van der Waals surface area contributed by atoms with Gasteiger partial charge in [-0.3, -0.25) is 0 Å². The van der Waals surface area contributed by atoms with Gasteiger partial charge in [0.1, 0.15) is 0 Å². The zero-order chi connectivity index (χ0) is 20.9. The van der Waals surface area contributed by atoms with Crippen LogP contribution in [0.3, 0.4) is 0 Å². The molecule has 0 aliphatic heterocycles. The van der Waals surface area contributed by atoms with Crippen LogP contribution >= 0.6 is 0 Å². The molecule has 8 heteroatoms. The fraction of sp³-hybridized carbons (Fsp3) is 0.143. The van der Waals surface area contributed by atoms with Gasteiger partial charge >= 0.3 is 0 Å². The summed E-state index contributed by atoms with van der Waals surface area (Å²) in [4.78, 5) is 0.239. The molecular formula is C21H22N2O4S2. The molecule has 0 amide bonds. The van der Waals surface area contributed by atoms with Gasteiger partial charge in [-0.2, -0.15) is 0 Å². The fourth-order valence-corrected chi connectivity index (χ4v) is 5.05. The molecule has 3 aromatic carbocycles. The lowest BCUT2D eigenvalue weighted by molar-refractivity contribution is 0.540. The Morgan fingerprint density at radius 2 is 1.21 bits per heavy atom. The molecule has 0 fully saturated rings. The third-order valence-corrected chi connectivity index (χ3v) is 7.29. The van der Waals surface area contributed by atoms with Gasteiger partial charge in [-0.25, -0.2) is 26.3 Å². The SMILES string of the molecule is Cc1ccc(S(=O)(=O)NCC(NS(=O)(=O)c2ccccc2)c2ccccc2)cc1. The Hall–Kier alpha value is -2.52. The average molecular weight is 431 g/mol. The molecule has 2 N–H and O–H groups in total. The average Bonchev–Trinajstić information content (AvgIpc) is 2.73. The van der Waals surface area contributed by atoms with Gasteiger partial charge < -0.3 is 0 Å². The van der Waals surface area contributed by atoms with Crippen molar-refractivity contribution in [3.05, 3.63) is 96.1 Å². The van der Waals surface area contributed by atoms with E-state index in [1.807, 2.05) is 13.0 Å². The third kappa shape index (κ3) is 5.51. The molecule has 152 valence electrons. The lowest BCUT2D eigenvalue weighted by Gasteiger charge is -2.20. The van der Waals surface area contributed by atoms with Crippen LogP contribution in [-0.4, -0.2) is 23.4 Å². The summed E-state index contributed by atoms with van der Waals surface area (Å²) in [5.74, 6) is 0. The minimum absolute atomic E-state index is 0.113. The van der Waals surface area contributed by atoms with Crippen LogP contribution in [-0.2, 0) is 20.0 Å².